The maximum atomic E-state index is 12.0. The van der Waals surface area contributed by atoms with Crippen LogP contribution in [0, 0.1) is 5.92 Å². The first-order valence-electron chi connectivity index (χ1n) is 6.62. The lowest BCUT2D eigenvalue weighted by atomic mass is 10.1. The number of anilines is 1. The third-order valence-corrected chi connectivity index (χ3v) is 3.37. The van der Waals surface area contributed by atoms with Gasteiger partial charge in [-0.3, -0.25) is 4.79 Å². The van der Waals surface area contributed by atoms with Crippen LogP contribution in [0.3, 0.4) is 0 Å². The molecule has 0 bridgehead atoms. The van der Waals surface area contributed by atoms with Gasteiger partial charge in [-0.1, -0.05) is 38.5 Å². The smallest absolute Gasteiger partial charge is 0.222 e. The molecule has 0 aliphatic carbocycles. The van der Waals surface area contributed by atoms with Crippen molar-refractivity contribution in [2.24, 2.45) is 5.92 Å². The molecule has 1 atom stereocenters. The van der Waals surface area contributed by atoms with Crippen LogP contribution in [0.5, 0.6) is 0 Å². The molecule has 0 fully saturated rings. The molecule has 1 rings (SSSR count). The Morgan fingerprint density at radius 1 is 1.37 bits per heavy atom. The van der Waals surface area contributed by atoms with Crippen molar-refractivity contribution in [1.82, 2.24) is 4.90 Å². The molecule has 1 aromatic rings. The van der Waals surface area contributed by atoms with Crippen LogP contribution < -0.4 is 5.73 Å². The summed E-state index contributed by atoms with van der Waals surface area (Å²) in [5, 5.41) is 0. The van der Waals surface area contributed by atoms with Gasteiger partial charge >= 0.3 is 0 Å². The van der Waals surface area contributed by atoms with Gasteiger partial charge in [0.1, 0.15) is 0 Å². The fourth-order valence-electron chi connectivity index (χ4n) is 1.89. The molecule has 1 amide bonds. The third kappa shape index (κ3) is 5.97. The van der Waals surface area contributed by atoms with E-state index >= 15 is 0 Å². The minimum absolute atomic E-state index is 0. The van der Waals surface area contributed by atoms with Gasteiger partial charge in [0, 0.05) is 25.7 Å². The van der Waals surface area contributed by atoms with E-state index < -0.39 is 0 Å². The summed E-state index contributed by atoms with van der Waals surface area (Å²) in [6.45, 7) is 5.15. The number of hydrogen-bond acceptors (Lipinski definition) is 2. The second-order valence-electron chi connectivity index (χ2n) is 4.99. The number of para-hydroxylation sites is 1. The predicted molar refractivity (Wildman–Crippen MR) is 83.5 cm³/mol. The van der Waals surface area contributed by atoms with E-state index in [1.54, 1.807) is 0 Å². The zero-order chi connectivity index (χ0) is 13.5. The summed E-state index contributed by atoms with van der Waals surface area (Å²) in [5.41, 5.74) is 7.69. The number of hydrogen-bond donors (Lipinski definition) is 1. The molecule has 0 saturated carbocycles. The van der Waals surface area contributed by atoms with E-state index in [2.05, 4.69) is 13.8 Å². The number of halogens is 1. The van der Waals surface area contributed by atoms with Gasteiger partial charge in [-0.2, -0.15) is 0 Å². The number of aryl methyl sites for hydroxylation is 1. The third-order valence-electron chi connectivity index (χ3n) is 3.37. The summed E-state index contributed by atoms with van der Waals surface area (Å²) >= 11 is 0. The van der Waals surface area contributed by atoms with Gasteiger partial charge in [-0.25, -0.2) is 0 Å². The first kappa shape index (κ1) is 17.8. The molecular formula is C15H25ClN2O. The van der Waals surface area contributed by atoms with Crippen LogP contribution in [0.4, 0.5) is 5.69 Å². The molecule has 108 valence electrons. The predicted octanol–water partition coefficient (Wildman–Crippen LogP) is 3.13. The number of nitrogens with zero attached hydrogens (tertiary/aromatic N) is 1. The highest BCUT2D eigenvalue weighted by Gasteiger charge is 2.11. The van der Waals surface area contributed by atoms with Crippen molar-refractivity contribution in [3.05, 3.63) is 29.8 Å². The normalized spacial score (nSPS) is 11.5. The van der Waals surface area contributed by atoms with E-state index in [4.69, 9.17) is 5.73 Å². The number of rotatable bonds is 6. The van der Waals surface area contributed by atoms with E-state index in [0.29, 0.717) is 12.3 Å². The fourth-order valence-corrected chi connectivity index (χ4v) is 1.89. The molecule has 0 heterocycles. The zero-order valence-corrected chi connectivity index (χ0v) is 12.9. The first-order chi connectivity index (χ1) is 8.54. The molecule has 0 aliphatic rings. The molecule has 0 spiro atoms. The maximum absolute atomic E-state index is 12.0. The van der Waals surface area contributed by atoms with Crippen LogP contribution in [0.15, 0.2) is 24.3 Å². The number of carbonyl (C=O) groups excluding carboxylic acids is 1. The molecule has 0 aromatic heterocycles. The van der Waals surface area contributed by atoms with Crippen molar-refractivity contribution in [1.29, 1.82) is 0 Å². The molecular weight excluding hydrogens is 260 g/mol. The zero-order valence-electron chi connectivity index (χ0n) is 12.1. The van der Waals surface area contributed by atoms with Crippen LogP contribution in [-0.2, 0) is 11.2 Å². The van der Waals surface area contributed by atoms with E-state index in [-0.39, 0.29) is 18.3 Å². The van der Waals surface area contributed by atoms with Crippen LogP contribution in [-0.4, -0.2) is 24.4 Å². The lowest BCUT2D eigenvalue weighted by Gasteiger charge is -2.21. The Morgan fingerprint density at radius 2 is 2.00 bits per heavy atom. The number of amides is 1. The summed E-state index contributed by atoms with van der Waals surface area (Å²) in [7, 11) is 1.88. The van der Waals surface area contributed by atoms with Crippen molar-refractivity contribution < 1.29 is 4.79 Å². The van der Waals surface area contributed by atoms with Crippen LogP contribution in [0.1, 0.15) is 32.3 Å². The van der Waals surface area contributed by atoms with Crippen molar-refractivity contribution in [3.63, 3.8) is 0 Å². The van der Waals surface area contributed by atoms with Crippen molar-refractivity contribution in [3.8, 4) is 0 Å². The van der Waals surface area contributed by atoms with E-state index in [9.17, 15) is 4.79 Å². The molecule has 3 nitrogen and oxygen atoms in total. The van der Waals surface area contributed by atoms with E-state index in [1.165, 1.54) is 0 Å². The van der Waals surface area contributed by atoms with Gasteiger partial charge in [0.05, 0.1) is 0 Å². The van der Waals surface area contributed by atoms with Gasteiger partial charge in [-0.05, 0) is 24.0 Å². The lowest BCUT2D eigenvalue weighted by molar-refractivity contribution is -0.130. The second kappa shape index (κ2) is 8.81. The van der Waals surface area contributed by atoms with Crippen molar-refractivity contribution in [2.75, 3.05) is 19.3 Å². The van der Waals surface area contributed by atoms with Gasteiger partial charge in [0.15, 0.2) is 0 Å². The highest BCUT2D eigenvalue weighted by atomic mass is 35.5. The SMILES string of the molecule is CCC(C)CN(C)C(=O)CCc1ccccc1N.Cl. The van der Waals surface area contributed by atoms with Crippen molar-refractivity contribution >= 4 is 24.0 Å². The topological polar surface area (TPSA) is 46.3 Å². The Morgan fingerprint density at radius 3 is 2.58 bits per heavy atom. The summed E-state index contributed by atoms with van der Waals surface area (Å²) in [6, 6.07) is 7.73. The van der Waals surface area contributed by atoms with E-state index in [1.807, 2.05) is 36.2 Å². The van der Waals surface area contributed by atoms with Crippen LogP contribution in [0.25, 0.3) is 0 Å². The highest BCUT2D eigenvalue weighted by molar-refractivity contribution is 5.85. The summed E-state index contributed by atoms with van der Waals surface area (Å²) in [6.07, 6.45) is 2.35. The van der Waals surface area contributed by atoms with Gasteiger partial charge < -0.3 is 10.6 Å². The quantitative estimate of drug-likeness (QED) is 0.816. The minimum atomic E-state index is 0. The second-order valence-corrected chi connectivity index (χ2v) is 4.99. The number of nitrogen functional groups attached to an aromatic ring is 1. The molecule has 1 aromatic carbocycles. The fraction of sp³-hybridized carbons (Fsp3) is 0.533. The first-order valence-corrected chi connectivity index (χ1v) is 6.62. The number of benzene rings is 1. The monoisotopic (exact) mass is 284 g/mol. The lowest BCUT2D eigenvalue weighted by Crippen LogP contribution is -2.31. The summed E-state index contributed by atoms with van der Waals surface area (Å²) in [4.78, 5) is 13.8. The van der Waals surface area contributed by atoms with E-state index in [0.717, 1.165) is 30.6 Å². The number of carbonyl (C=O) groups is 1. The van der Waals surface area contributed by atoms with Gasteiger partial charge in [-0.15, -0.1) is 12.4 Å². The molecule has 0 saturated heterocycles. The molecule has 2 N–H and O–H groups in total. The van der Waals surface area contributed by atoms with Crippen LogP contribution in [0.2, 0.25) is 0 Å². The Balaban J connectivity index is 0.00000324. The molecule has 4 heteroatoms. The van der Waals surface area contributed by atoms with Crippen LogP contribution >= 0.6 is 12.4 Å². The highest BCUT2D eigenvalue weighted by Crippen LogP contribution is 2.13. The molecule has 0 aliphatic heterocycles. The Hall–Kier alpha value is -1.22. The summed E-state index contributed by atoms with van der Waals surface area (Å²) in [5.74, 6) is 0.749. The average molecular weight is 285 g/mol. The molecule has 0 radical (unpaired) electrons. The average Bonchev–Trinajstić information content (AvgIpc) is 2.37. The minimum Gasteiger partial charge on any atom is -0.399 e. The van der Waals surface area contributed by atoms with Gasteiger partial charge in [0.2, 0.25) is 5.91 Å². The Bertz CT molecular complexity index is 395. The molecule has 19 heavy (non-hydrogen) atoms. The largest absolute Gasteiger partial charge is 0.399 e. The van der Waals surface area contributed by atoms with Crippen molar-refractivity contribution in [2.45, 2.75) is 33.1 Å². The Labute approximate surface area is 122 Å². The summed E-state index contributed by atoms with van der Waals surface area (Å²) < 4.78 is 0. The standard InChI is InChI=1S/C15H24N2O.ClH/c1-4-12(2)11-17(3)15(18)10-9-13-7-5-6-8-14(13)16;/h5-8,12H,4,9-11,16H2,1-3H3;1H. The molecule has 1 unspecified atom stereocenters. The Kier molecular flexibility index (Phi) is 8.24. The number of nitrogens with two attached hydrogens (primary N) is 1. The maximum Gasteiger partial charge on any atom is 0.222 e. The van der Waals surface area contributed by atoms with Gasteiger partial charge in [0.25, 0.3) is 0 Å².